The molecule has 1 aromatic carbocycles. The molecule has 0 aliphatic rings. The van der Waals surface area contributed by atoms with Gasteiger partial charge in [-0.05, 0) is 35.9 Å². The Kier molecular flexibility index (Phi) is 5.09. The van der Waals surface area contributed by atoms with Crippen molar-refractivity contribution in [2.45, 2.75) is 13.0 Å². The fourth-order valence-electron chi connectivity index (χ4n) is 2.55. The Hall–Kier alpha value is -3.15. The van der Waals surface area contributed by atoms with Gasteiger partial charge in [0.25, 0.3) is 0 Å². The molecule has 2 heterocycles. The van der Waals surface area contributed by atoms with Gasteiger partial charge >= 0.3 is 0 Å². The number of methoxy groups -OCH3 is 1. The van der Waals surface area contributed by atoms with E-state index in [-0.39, 0.29) is 5.91 Å². The Labute approximate surface area is 146 Å². The second kappa shape index (κ2) is 7.61. The fourth-order valence-corrected chi connectivity index (χ4v) is 2.55. The third-order valence-corrected chi connectivity index (χ3v) is 3.92. The summed E-state index contributed by atoms with van der Waals surface area (Å²) in [5.41, 5.74) is 3.71. The van der Waals surface area contributed by atoms with Crippen LogP contribution < -0.4 is 10.1 Å². The van der Waals surface area contributed by atoms with Gasteiger partial charge in [-0.2, -0.15) is 5.10 Å². The van der Waals surface area contributed by atoms with Gasteiger partial charge in [0, 0.05) is 25.0 Å². The Morgan fingerprint density at radius 3 is 2.76 bits per heavy atom. The largest absolute Gasteiger partial charge is 0.497 e. The van der Waals surface area contributed by atoms with Crippen LogP contribution in [0.2, 0.25) is 0 Å². The van der Waals surface area contributed by atoms with Crippen molar-refractivity contribution in [1.82, 2.24) is 20.1 Å². The standard InChI is InChI=1S/C19H20N4O2/c1-23-16(12-18(22-23)15-6-8-20-9-7-15)13-21-19(24)11-14-4-3-5-17(10-14)25-2/h3-10,12H,11,13H2,1-2H3,(H,21,24). The van der Waals surface area contributed by atoms with E-state index in [1.54, 1.807) is 24.2 Å². The maximum Gasteiger partial charge on any atom is 0.224 e. The minimum absolute atomic E-state index is 0.0417. The second-order valence-electron chi connectivity index (χ2n) is 5.69. The molecule has 0 bridgehead atoms. The van der Waals surface area contributed by atoms with E-state index in [0.717, 1.165) is 28.3 Å². The number of benzene rings is 1. The summed E-state index contributed by atoms with van der Waals surface area (Å²) in [6.45, 7) is 0.428. The lowest BCUT2D eigenvalue weighted by molar-refractivity contribution is -0.120. The number of hydrogen-bond donors (Lipinski definition) is 1. The molecule has 6 heteroatoms. The molecular weight excluding hydrogens is 316 g/mol. The van der Waals surface area contributed by atoms with Crippen LogP contribution in [0, 0.1) is 0 Å². The Morgan fingerprint density at radius 2 is 2.00 bits per heavy atom. The molecule has 0 unspecified atom stereocenters. The molecule has 6 nitrogen and oxygen atoms in total. The average Bonchev–Trinajstić information content (AvgIpc) is 3.02. The first-order valence-corrected chi connectivity index (χ1v) is 7.98. The van der Waals surface area contributed by atoms with E-state index >= 15 is 0 Å². The zero-order valence-corrected chi connectivity index (χ0v) is 14.3. The molecule has 0 saturated heterocycles. The topological polar surface area (TPSA) is 69.0 Å². The molecule has 0 aliphatic heterocycles. The van der Waals surface area contributed by atoms with Crippen molar-refractivity contribution in [3.8, 4) is 17.0 Å². The maximum atomic E-state index is 12.2. The van der Waals surface area contributed by atoms with Gasteiger partial charge in [-0.3, -0.25) is 14.5 Å². The third-order valence-electron chi connectivity index (χ3n) is 3.92. The average molecular weight is 336 g/mol. The van der Waals surface area contributed by atoms with E-state index < -0.39 is 0 Å². The SMILES string of the molecule is COc1cccc(CC(=O)NCc2cc(-c3ccncc3)nn2C)c1. The van der Waals surface area contributed by atoms with Crippen LogP contribution in [0.4, 0.5) is 0 Å². The van der Waals surface area contributed by atoms with Crippen LogP contribution in [0.5, 0.6) is 5.75 Å². The van der Waals surface area contributed by atoms with Crippen molar-refractivity contribution in [1.29, 1.82) is 0 Å². The monoisotopic (exact) mass is 336 g/mol. The van der Waals surface area contributed by atoms with E-state index in [0.29, 0.717) is 13.0 Å². The van der Waals surface area contributed by atoms with E-state index in [9.17, 15) is 4.79 Å². The van der Waals surface area contributed by atoms with Crippen LogP contribution in [0.25, 0.3) is 11.3 Å². The van der Waals surface area contributed by atoms with E-state index in [4.69, 9.17) is 4.74 Å². The number of aromatic nitrogens is 3. The van der Waals surface area contributed by atoms with Crippen LogP contribution in [0.3, 0.4) is 0 Å². The zero-order chi connectivity index (χ0) is 17.6. The number of rotatable bonds is 6. The van der Waals surface area contributed by atoms with Crippen molar-refractivity contribution >= 4 is 5.91 Å². The van der Waals surface area contributed by atoms with Crippen LogP contribution in [-0.2, 0) is 24.8 Å². The molecule has 3 rings (SSSR count). The minimum Gasteiger partial charge on any atom is -0.497 e. The number of nitrogens with one attached hydrogen (secondary N) is 1. The zero-order valence-electron chi connectivity index (χ0n) is 14.3. The highest BCUT2D eigenvalue weighted by atomic mass is 16.5. The van der Waals surface area contributed by atoms with Gasteiger partial charge in [0.05, 0.1) is 31.5 Å². The summed E-state index contributed by atoms with van der Waals surface area (Å²) in [4.78, 5) is 16.2. The molecule has 128 valence electrons. The fraction of sp³-hybridized carbons (Fsp3) is 0.211. The first-order chi connectivity index (χ1) is 12.2. The van der Waals surface area contributed by atoms with Gasteiger partial charge < -0.3 is 10.1 Å². The van der Waals surface area contributed by atoms with Crippen molar-refractivity contribution in [3.05, 3.63) is 66.1 Å². The number of aryl methyl sites for hydroxylation is 1. The predicted molar refractivity (Wildman–Crippen MR) is 95.0 cm³/mol. The highest BCUT2D eigenvalue weighted by Crippen LogP contribution is 2.17. The van der Waals surface area contributed by atoms with Crippen LogP contribution in [0.15, 0.2) is 54.9 Å². The molecule has 1 N–H and O–H groups in total. The number of carbonyl (C=O) groups is 1. The van der Waals surface area contributed by atoms with E-state index in [1.165, 1.54) is 0 Å². The molecule has 0 spiro atoms. The van der Waals surface area contributed by atoms with Crippen molar-refractivity contribution in [3.63, 3.8) is 0 Å². The number of carbonyl (C=O) groups excluding carboxylic acids is 1. The van der Waals surface area contributed by atoms with Gasteiger partial charge in [-0.1, -0.05) is 12.1 Å². The molecule has 0 atom stereocenters. The summed E-state index contributed by atoms with van der Waals surface area (Å²) in [6, 6.07) is 13.3. The summed E-state index contributed by atoms with van der Waals surface area (Å²) in [7, 11) is 3.48. The van der Waals surface area contributed by atoms with E-state index in [1.807, 2.05) is 49.5 Å². The normalized spacial score (nSPS) is 10.5. The molecule has 3 aromatic rings. The van der Waals surface area contributed by atoms with Gasteiger partial charge in [-0.15, -0.1) is 0 Å². The summed E-state index contributed by atoms with van der Waals surface area (Å²) < 4.78 is 6.96. The first kappa shape index (κ1) is 16.7. The minimum atomic E-state index is -0.0417. The van der Waals surface area contributed by atoms with Gasteiger partial charge in [0.2, 0.25) is 5.91 Å². The quantitative estimate of drug-likeness (QED) is 0.750. The van der Waals surface area contributed by atoms with Crippen LogP contribution in [0.1, 0.15) is 11.3 Å². The Balaban J connectivity index is 1.61. The maximum absolute atomic E-state index is 12.2. The first-order valence-electron chi connectivity index (χ1n) is 7.98. The molecular formula is C19H20N4O2. The van der Waals surface area contributed by atoms with Crippen molar-refractivity contribution < 1.29 is 9.53 Å². The number of pyridine rings is 1. The Bertz CT molecular complexity index is 859. The molecule has 0 fully saturated rings. The summed E-state index contributed by atoms with van der Waals surface area (Å²) in [6.07, 6.45) is 3.78. The summed E-state index contributed by atoms with van der Waals surface area (Å²) >= 11 is 0. The molecule has 0 saturated carbocycles. The summed E-state index contributed by atoms with van der Waals surface area (Å²) in [5, 5.41) is 7.42. The lowest BCUT2D eigenvalue weighted by atomic mass is 10.1. The van der Waals surface area contributed by atoms with Crippen LogP contribution >= 0.6 is 0 Å². The lowest BCUT2D eigenvalue weighted by Gasteiger charge is -2.07. The number of hydrogen-bond acceptors (Lipinski definition) is 4. The smallest absolute Gasteiger partial charge is 0.224 e. The Morgan fingerprint density at radius 1 is 1.20 bits per heavy atom. The molecule has 2 aromatic heterocycles. The highest BCUT2D eigenvalue weighted by molar-refractivity contribution is 5.78. The molecule has 25 heavy (non-hydrogen) atoms. The predicted octanol–water partition coefficient (Wildman–Crippen LogP) is 2.35. The highest BCUT2D eigenvalue weighted by Gasteiger charge is 2.09. The molecule has 1 amide bonds. The van der Waals surface area contributed by atoms with Gasteiger partial charge in [-0.25, -0.2) is 0 Å². The third kappa shape index (κ3) is 4.23. The number of nitrogens with zero attached hydrogens (tertiary/aromatic N) is 3. The van der Waals surface area contributed by atoms with Crippen molar-refractivity contribution in [2.75, 3.05) is 7.11 Å². The van der Waals surface area contributed by atoms with Crippen molar-refractivity contribution in [2.24, 2.45) is 7.05 Å². The number of ether oxygens (including phenoxy) is 1. The summed E-state index contributed by atoms with van der Waals surface area (Å²) in [5.74, 6) is 0.707. The van der Waals surface area contributed by atoms with Gasteiger partial charge in [0.1, 0.15) is 5.75 Å². The molecule has 0 aliphatic carbocycles. The number of amides is 1. The van der Waals surface area contributed by atoms with E-state index in [2.05, 4.69) is 15.4 Å². The van der Waals surface area contributed by atoms with Gasteiger partial charge in [0.15, 0.2) is 0 Å². The lowest BCUT2D eigenvalue weighted by Crippen LogP contribution is -2.25. The second-order valence-corrected chi connectivity index (χ2v) is 5.69. The van der Waals surface area contributed by atoms with Crippen LogP contribution in [-0.4, -0.2) is 27.8 Å². The molecule has 0 radical (unpaired) electrons.